The van der Waals surface area contributed by atoms with Gasteiger partial charge in [0.15, 0.2) is 0 Å². The number of nitrogens with zero attached hydrogens (tertiary/aromatic N) is 4. The average molecular weight is 604 g/mol. The van der Waals surface area contributed by atoms with Crippen molar-refractivity contribution in [3.05, 3.63) is 88.6 Å². The lowest BCUT2D eigenvalue weighted by Crippen LogP contribution is -2.56. The second-order valence-electron chi connectivity index (χ2n) is 11.3. The van der Waals surface area contributed by atoms with Gasteiger partial charge in [-0.2, -0.15) is 5.26 Å². The Balaban J connectivity index is 1.45. The molecule has 2 aliphatic carbocycles. The predicted molar refractivity (Wildman–Crippen MR) is 156 cm³/mol. The number of amides is 3. The van der Waals surface area contributed by atoms with Gasteiger partial charge in [-0.1, -0.05) is 41.9 Å². The molecule has 0 radical (unpaired) electrons. The lowest BCUT2D eigenvalue weighted by molar-refractivity contribution is -0.133. The molecule has 3 aromatic rings. The van der Waals surface area contributed by atoms with E-state index in [0.717, 1.165) is 18.4 Å². The molecule has 2 unspecified atom stereocenters. The van der Waals surface area contributed by atoms with Crippen LogP contribution in [0.3, 0.4) is 0 Å². The summed E-state index contributed by atoms with van der Waals surface area (Å²) in [7, 11) is 0. The number of aromatic nitrogens is 1. The third-order valence-electron chi connectivity index (χ3n) is 8.20. The van der Waals surface area contributed by atoms with E-state index in [0.29, 0.717) is 17.2 Å². The van der Waals surface area contributed by atoms with Gasteiger partial charge in [0.25, 0.3) is 11.8 Å². The zero-order valence-corrected chi connectivity index (χ0v) is 23.8. The van der Waals surface area contributed by atoms with Gasteiger partial charge < -0.3 is 5.32 Å². The second-order valence-corrected chi connectivity index (χ2v) is 11.7. The summed E-state index contributed by atoms with van der Waals surface area (Å²) in [6, 6.07) is 15.8. The van der Waals surface area contributed by atoms with Gasteiger partial charge in [0.05, 0.1) is 11.6 Å². The SMILES string of the molecule is N#Cc1ccnc(N2C(=O)CCC2C(=O)N(c2cccc(C3CC3)c2)C(C(=O)NC2CC(F)(F)C2)c2ccccc2Cl)c1. The van der Waals surface area contributed by atoms with Crippen molar-refractivity contribution in [2.45, 2.75) is 68.5 Å². The van der Waals surface area contributed by atoms with Gasteiger partial charge in [0.2, 0.25) is 11.8 Å². The van der Waals surface area contributed by atoms with E-state index in [4.69, 9.17) is 11.6 Å². The fourth-order valence-electron chi connectivity index (χ4n) is 5.87. The Hall–Kier alpha value is -4.36. The number of nitriles is 1. The van der Waals surface area contributed by atoms with Crippen molar-refractivity contribution in [1.29, 1.82) is 5.26 Å². The molecule has 1 saturated heterocycles. The number of nitrogens with one attached hydrogen (secondary N) is 1. The van der Waals surface area contributed by atoms with Crippen LogP contribution in [0, 0.1) is 11.3 Å². The van der Waals surface area contributed by atoms with Crippen LogP contribution in [-0.2, 0) is 14.4 Å². The van der Waals surface area contributed by atoms with E-state index in [-0.39, 0.29) is 35.2 Å². The highest BCUT2D eigenvalue weighted by molar-refractivity contribution is 6.31. The Morgan fingerprint density at radius 1 is 1.09 bits per heavy atom. The third-order valence-corrected chi connectivity index (χ3v) is 8.54. The smallest absolute Gasteiger partial charge is 0.252 e. The minimum atomic E-state index is -2.86. The molecule has 2 atom stereocenters. The van der Waals surface area contributed by atoms with Gasteiger partial charge in [-0.15, -0.1) is 0 Å². The fourth-order valence-corrected chi connectivity index (χ4v) is 6.11. The normalized spacial score (nSPS) is 20.2. The first-order valence-corrected chi connectivity index (χ1v) is 14.6. The molecule has 2 heterocycles. The number of carbonyl (C=O) groups is 3. The molecule has 2 aromatic carbocycles. The summed E-state index contributed by atoms with van der Waals surface area (Å²) in [5.41, 5.74) is 2.02. The van der Waals surface area contributed by atoms with E-state index >= 15 is 0 Å². The molecule has 3 fully saturated rings. The van der Waals surface area contributed by atoms with Crippen molar-refractivity contribution in [2.75, 3.05) is 9.80 Å². The molecule has 8 nitrogen and oxygen atoms in total. The van der Waals surface area contributed by atoms with Crippen LogP contribution in [0.1, 0.15) is 67.2 Å². The summed E-state index contributed by atoms with van der Waals surface area (Å²) in [4.78, 5) is 48.8. The Labute approximate surface area is 252 Å². The van der Waals surface area contributed by atoms with E-state index in [9.17, 15) is 28.4 Å². The number of anilines is 2. The van der Waals surface area contributed by atoms with Crippen LogP contribution < -0.4 is 15.1 Å². The molecule has 11 heteroatoms. The number of halogens is 3. The first kappa shape index (κ1) is 28.7. The van der Waals surface area contributed by atoms with E-state index in [2.05, 4.69) is 10.3 Å². The van der Waals surface area contributed by atoms with Crippen LogP contribution in [0.15, 0.2) is 66.9 Å². The second kappa shape index (κ2) is 11.4. The Kier molecular flexibility index (Phi) is 7.61. The summed E-state index contributed by atoms with van der Waals surface area (Å²) in [6.07, 6.45) is 2.63. The molecule has 1 aliphatic heterocycles. The largest absolute Gasteiger partial charge is 0.351 e. The van der Waals surface area contributed by atoms with E-state index in [1.165, 1.54) is 28.1 Å². The summed E-state index contributed by atoms with van der Waals surface area (Å²) >= 11 is 6.62. The highest BCUT2D eigenvalue weighted by Crippen LogP contribution is 2.43. The van der Waals surface area contributed by atoms with Gasteiger partial charge in [-0.3, -0.25) is 24.2 Å². The maximum atomic E-state index is 14.7. The summed E-state index contributed by atoms with van der Waals surface area (Å²) in [5, 5.41) is 12.3. The van der Waals surface area contributed by atoms with E-state index in [1.807, 2.05) is 24.3 Å². The highest BCUT2D eigenvalue weighted by atomic mass is 35.5. The van der Waals surface area contributed by atoms with Gasteiger partial charge in [-0.05, 0) is 61.1 Å². The molecule has 3 aliphatic rings. The van der Waals surface area contributed by atoms with E-state index in [1.54, 1.807) is 30.3 Å². The topological polar surface area (TPSA) is 106 Å². The van der Waals surface area contributed by atoms with Crippen molar-refractivity contribution in [2.24, 2.45) is 0 Å². The molecule has 3 amide bonds. The maximum absolute atomic E-state index is 14.7. The summed E-state index contributed by atoms with van der Waals surface area (Å²) < 4.78 is 27.4. The first-order valence-electron chi connectivity index (χ1n) is 14.2. The standard InChI is InChI=1S/C32H28ClF2N5O3/c33-25-7-2-1-6-24(25)29(30(42)38-22-16-32(34,35)17-22)39(23-5-3-4-21(15-23)20-8-9-20)31(43)26-10-11-28(41)40(26)27-14-19(18-36)12-13-37-27/h1-7,12-15,20,22,26,29H,8-11,16-17H2,(H,38,42). The van der Waals surface area contributed by atoms with Crippen molar-refractivity contribution in [1.82, 2.24) is 10.3 Å². The Morgan fingerprint density at radius 3 is 2.56 bits per heavy atom. The van der Waals surface area contributed by atoms with Gasteiger partial charge in [-0.25, -0.2) is 13.8 Å². The number of rotatable bonds is 8. The quantitative estimate of drug-likeness (QED) is 0.357. The van der Waals surface area contributed by atoms with Gasteiger partial charge in [0.1, 0.15) is 17.9 Å². The molecular formula is C32H28ClF2N5O3. The molecule has 1 aromatic heterocycles. The van der Waals surface area contributed by atoms with Crippen LogP contribution in [0.5, 0.6) is 0 Å². The number of carbonyl (C=O) groups excluding carboxylic acids is 3. The highest BCUT2D eigenvalue weighted by Gasteiger charge is 2.48. The lowest BCUT2D eigenvalue weighted by atomic mass is 9.87. The zero-order chi connectivity index (χ0) is 30.3. The third kappa shape index (κ3) is 5.82. The van der Waals surface area contributed by atoms with Crippen LogP contribution in [0.4, 0.5) is 20.3 Å². The summed E-state index contributed by atoms with van der Waals surface area (Å²) in [6.45, 7) is 0. The molecule has 1 N–H and O–H groups in total. The van der Waals surface area contributed by atoms with Crippen molar-refractivity contribution in [3.8, 4) is 6.07 Å². The van der Waals surface area contributed by atoms with Crippen LogP contribution in [0.25, 0.3) is 0 Å². The lowest BCUT2D eigenvalue weighted by Gasteiger charge is -2.39. The zero-order valence-electron chi connectivity index (χ0n) is 23.1. The monoisotopic (exact) mass is 603 g/mol. The molecule has 43 heavy (non-hydrogen) atoms. The fraction of sp³-hybridized carbons (Fsp3) is 0.344. The van der Waals surface area contributed by atoms with Gasteiger partial charge >= 0.3 is 0 Å². The Morgan fingerprint density at radius 2 is 1.86 bits per heavy atom. The molecule has 6 rings (SSSR count). The number of benzene rings is 2. The molecule has 220 valence electrons. The van der Waals surface area contributed by atoms with Gasteiger partial charge in [0, 0.05) is 47.8 Å². The minimum Gasteiger partial charge on any atom is -0.351 e. The summed E-state index contributed by atoms with van der Waals surface area (Å²) in [5.74, 6) is -3.92. The number of hydrogen-bond donors (Lipinski definition) is 1. The first-order chi connectivity index (χ1) is 20.6. The number of alkyl halides is 2. The van der Waals surface area contributed by atoms with Crippen LogP contribution >= 0.6 is 11.6 Å². The Bertz CT molecular complexity index is 1630. The number of hydrogen-bond acceptors (Lipinski definition) is 5. The molecule has 2 saturated carbocycles. The number of pyridine rings is 1. The minimum absolute atomic E-state index is 0.0605. The van der Waals surface area contributed by atoms with Crippen molar-refractivity contribution >= 4 is 40.8 Å². The van der Waals surface area contributed by atoms with Crippen molar-refractivity contribution in [3.63, 3.8) is 0 Å². The molecule has 0 bridgehead atoms. The molecule has 0 spiro atoms. The predicted octanol–water partition coefficient (Wildman–Crippen LogP) is 5.67. The maximum Gasteiger partial charge on any atom is 0.252 e. The van der Waals surface area contributed by atoms with Crippen LogP contribution in [0.2, 0.25) is 5.02 Å². The molecular weight excluding hydrogens is 576 g/mol. The van der Waals surface area contributed by atoms with Crippen LogP contribution in [-0.4, -0.2) is 40.7 Å². The van der Waals surface area contributed by atoms with Crippen molar-refractivity contribution < 1.29 is 23.2 Å². The van der Waals surface area contributed by atoms with E-state index < -0.39 is 48.7 Å². The average Bonchev–Trinajstić information content (AvgIpc) is 3.76.